The van der Waals surface area contributed by atoms with Crippen molar-refractivity contribution in [3.05, 3.63) is 97.5 Å². The molecule has 3 rings (SSSR count). The Morgan fingerprint density at radius 3 is 2.44 bits per heavy atom. The number of nitriles is 1. The van der Waals surface area contributed by atoms with Gasteiger partial charge < -0.3 is 10.1 Å². The van der Waals surface area contributed by atoms with Crippen molar-refractivity contribution in [1.82, 2.24) is 0 Å². The highest BCUT2D eigenvalue weighted by atomic mass is 79.9. The molecule has 0 atom stereocenters. The van der Waals surface area contributed by atoms with Crippen molar-refractivity contribution >= 4 is 33.6 Å². The molecule has 0 aromatic heterocycles. The summed E-state index contributed by atoms with van der Waals surface area (Å²) in [5.41, 5.74) is 8.16. The van der Waals surface area contributed by atoms with Crippen LogP contribution < -0.4 is 10.1 Å². The Morgan fingerprint density at radius 1 is 1.09 bits per heavy atom. The van der Waals surface area contributed by atoms with Crippen LogP contribution in [0.2, 0.25) is 0 Å². The molecule has 0 aliphatic heterocycles. The topological polar surface area (TPSA) is 62.1 Å². The van der Waals surface area contributed by atoms with Gasteiger partial charge in [-0.2, -0.15) is 5.26 Å². The van der Waals surface area contributed by atoms with E-state index >= 15 is 0 Å². The maximum Gasteiger partial charge on any atom is 0.266 e. The largest absolute Gasteiger partial charge is 0.494 e. The van der Waals surface area contributed by atoms with E-state index in [0.717, 1.165) is 26.9 Å². The second-order valence-electron chi connectivity index (χ2n) is 8.46. The van der Waals surface area contributed by atoms with E-state index in [1.165, 1.54) is 16.7 Å². The fraction of sp³-hybridized carbons (Fsp3) is 0.241. The minimum Gasteiger partial charge on any atom is -0.494 e. The smallest absolute Gasteiger partial charge is 0.266 e. The summed E-state index contributed by atoms with van der Waals surface area (Å²) in [6.45, 7) is 10.6. The number of ether oxygens (including phenoxy) is 1. The average Bonchev–Trinajstić information content (AvgIpc) is 2.77. The highest BCUT2D eigenvalue weighted by Crippen LogP contribution is 2.33. The van der Waals surface area contributed by atoms with E-state index < -0.39 is 5.91 Å². The van der Waals surface area contributed by atoms with Crippen molar-refractivity contribution in [2.24, 2.45) is 0 Å². The number of nitrogens with one attached hydrogen (secondary N) is 1. The van der Waals surface area contributed by atoms with E-state index in [9.17, 15) is 10.1 Å². The van der Waals surface area contributed by atoms with Crippen LogP contribution in [0, 0.1) is 39.0 Å². The molecule has 3 aromatic carbocycles. The first kappa shape index (κ1) is 25.3. The number of rotatable bonds is 7. The van der Waals surface area contributed by atoms with Crippen molar-refractivity contribution < 1.29 is 9.53 Å². The lowest BCUT2D eigenvalue weighted by Gasteiger charge is -2.15. The van der Waals surface area contributed by atoms with Crippen LogP contribution in [-0.2, 0) is 11.2 Å². The number of hydrogen-bond donors (Lipinski definition) is 1. The van der Waals surface area contributed by atoms with Gasteiger partial charge in [0.2, 0.25) is 0 Å². The van der Waals surface area contributed by atoms with Crippen molar-refractivity contribution in [2.75, 3.05) is 11.9 Å². The number of hydrogen-bond acceptors (Lipinski definition) is 3. The van der Waals surface area contributed by atoms with Crippen LogP contribution in [0.4, 0.5) is 5.69 Å². The van der Waals surface area contributed by atoms with Crippen LogP contribution in [0.1, 0.15) is 45.9 Å². The van der Waals surface area contributed by atoms with E-state index in [1.807, 2.05) is 57.2 Å². The SMILES string of the molecule is CCOc1cc(/C=C(\C#N)C(=O)Nc2cccc(C)c2C)cc(Br)c1Cc1cc(C)cc(C)c1. The van der Waals surface area contributed by atoms with E-state index in [1.54, 1.807) is 6.08 Å². The second-order valence-corrected chi connectivity index (χ2v) is 9.31. The molecular formula is C29H29BrN2O2. The third kappa shape index (κ3) is 6.15. The molecule has 5 heteroatoms. The lowest BCUT2D eigenvalue weighted by Crippen LogP contribution is -2.14. The lowest BCUT2D eigenvalue weighted by atomic mass is 9.98. The van der Waals surface area contributed by atoms with Crippen LogP contribution in [0.5, 0.6) is 5.75 Å². The lowest BCUT2D eigenvalue weighted by molar-refractivity contribution is -0.112. The molecule has 3 aromatic rings. The van der Waals surface area contributed by atoms with Crippen LogP contribution in [0.3, 0.4) is 0 Å². The van der Waals surface area contributed by atoms with Gasteiger partial charge in [0, 0.05) is 22.1 Å². The van der Waals surface area contributed by atoms with Gasteiger partial charge in [-0.25, -0.2) is 0 Å². The fourth-order valence-corrected chi connectivity index (χ4v) is 4.54. The summed E-state index contributed by atoms with van der Waals surface area (Å²) < 4.78 is 6.82. The van der Waals surface area contributed by atoms with Crippen LogP contribution >= 0.6 is 15.9 Å². The summed E-state index contributed by atoms with van der Waals surface area (Å²) in [6, 6.07) is 18.0. The Hall–Kier alpha value is -3.36. The molecule has 0 saturated carbocycles. The van der Waals surface area contributed by atoms with Gasteiger partial charge in [-0.05, 0) is 81.1 Å². The summed E-state index contributed by atoms with van der Waals surface area (Å²) in [5.74, 6) is 0.291. The summed E-state index contributed by atoms with van der Waals surface area (Å²) in [4.78, 5) is 12.8. The normalized spacial score (nSPS) is 11.1. The number of carbonyl (C=O) groups is 1. The third-order valence-electron chi connectivity index (χ3n) is 5.67. The van der Waals surface area contributed by atoms with Crippen molar-refractivity contribution in [3.63, 3.8) is 0 Å². The van der Waals surface area contributed by atoms with Gasteiger partial charge in [0.15, 0.2) is 0 Å². The quantitative estimate of drug-likeness (QED) is 0.266. The van der Waals surface area contributed by atoms with Crippen molar-refractivity contribution in [1.29, 1.82) is 5.26 Å². The Kier molecular flexibility index (Phi) is 8.31. The van der Waals surface area contributed by atoms with E-state index in [2.05, 4.69) is 53.3 Å². The number of anilines is 1. The molecule has 1 amide bonds. The van der Waals surface area contributed by atoms with Crippen LogP contribution in [0.15, 0.2) is 58.6 Å². The monoisotopic (exact) mass is 516 g/mol. The third-order valence-corrected chi connectivity index (χ3v) is 6.38. The molecule has 4 nitrogen and oxygen atoms in total. The van der Waals surface area contributed by atoms with Gasteiger partial charge in [0.25, 0.3) is 5.91 Å². The van der Waals surface area contributed by atoms with Gasteiger partial charge in [0.05, 0.1) is 6.61 Å². The number of nitrogens with zero attached hydrogens (tertiary/aromatic N) is 1. The molecule has 0 saturated heterocycles. The zero-order chi connectivity index (χ0) is 24.8. The molecule has 0 bridgehead atoms. The van der Waals surface area contributed by atoms with E-state index in [-0.39, 0.29) is 5.57 Å². The fourth-order valence-electron chi connectivity index (χ4n) is 3.94. The molecular weight excluding hydrogens is 488 g/mol. The van der Waals surface area contributed by atoms with Crippen molar-refractivity contribution in [3.8, 4) is 11.8 Å². The number of carbonyl (C=O) groups excluding carboxylic acids is 1. The first-order valence-electron chi connectivity index (χ1n) is 11.2. The van der Waals surface area contributed by atoms with Gasteiger partial charge in [-0.1, -0.05) is 57.4 Å². The molecule has 0 spiro atoms. The van der Waals surface area contributed by atoms with Gasteiger partial charge in [-0.15, -0.1) is 0 Å². The predicted molar refractivity (Wildman–Crippen MR) is 142 cm³/mol. The first-order valence-corrected chi connectivity index (χ1v) is 12.0. The highest BCUT2D eigenvalue weighted by Gasteiger charge is 2.15. The highest BCUT2D eigenvalue weighted by molar-refractivity contribution is 9.10. The molecule has 34 heavy (non-hydrogen) atoms. The number of benzene rings is 3. The summed E-state index contributed by atoms with van der Waals surface area (Å²) in [7, 11) is 0. The van der Waals surface area contributed by atoms with E-state index in [4.69, 9.17) is 4.74 Å². The zero-order valence-corrected chi connectivity index (χ0v) is 21.8. The minimum atomic E-state index is -0.440. The predicted octanol–water partition coefficient (Wildman–Crippen LogP) is 7.22. The van der Waals surface area contributed by atoms with Crippen LogP contribution in [-0.4, -0.2) is 12.5 Å². The molecule has 0 unspecified atom stereocenters. The summed E-state index contributed by atoms with van der Waals surface area (Å²) >= 11 is 3.69. The average molecular weight is 517 g/mol. The van der Waals surface area contributed by atoms with Crippen molar-refractivity contribution in [2.45, 2.75) is 41.0 Å². The number of aryl methyl sites for hydroxylation is 3. The minimum absolute atomic E-state index is 0.0253. The van der Waals surface area contributed by atoms with Gasteiger partial charge in [-0.3, -0.25) is 4.79 Å². The maximum absolute atomic E-state index is 12.8. The Balaban J connectivity index is 1.94. The standard InChI is InChI=1S/C29H29BrN2O2/c1-6-34-28-16-23(15-26(30)25(28)14-22-11-18(2)10-19(3)12-22)13-24(17-31)29(33)32-27-9-7-8-20(4)21(27)5/h7-13,15-16H,6,14H2,1-5H3,(H,32,33)/b24-13+. The molecule has 1 N–H and O–H groups in total. The number of halogens is 1. The van der Waals surface area contributed by atoms with Gasteiger partial charge >= 0.3 is 0 Å². The Labute approximate surface area is 210 Å². The Morgan fingerprint density at radius 2 is 1.79 bits per heavy atom. The molecule has 0 aliphatic rings. The van der Waals surface area contributed by atoms with E-state index in [0.29, 0.717) is 24.3 Å². The summed E-state index contributed by atoms with van der Waals surface area (Å²) in [6.07, 6.45) is 2.30. The zero-order valence-electron chi connectivity index (χ0n) is 20.3. The first-order chi connectivity index (χ1) is 16.2. The molecule has 0 radical (unpaired) electrons. The summed E-state index contributed by atoms with van der Waals surface area (Å²) in [5, 5.41) is 12.5. The maximum atomic E-state index is 12.8. The van der Waals surface area contributed by atoms with Gasteiger partial charge in [0.1, 0.15) is 17.4 Å². The molecule has 0 heterocycles. The molecule has 0 aliphatic carbocycles. The van der Waals surface area contributed by atoms with Crippen LogP contribution in [0.25, 0.3) is 6.08 Å². The molecule has 174 valence electrons. The molecule has 0 fully saturated rings. The Bertz CT molecular complexity index is 1280. The number of amides is 1. The second kappa shape index (κ2) is 11.2.